The van der Waals surface area contributed by atoms with Gasteiger partial charge < -0.3 is 10.2 Å². The van der Waals surface area contributed by atoms with Gasteiger partial charge in [0, 0.05) is 18.8 Å². The molecule has 1 saturated heterocycles. The zero-order valence-electron chi connectivity index (χ0n) is 13.4. The molecule has 114 valence electrons. The molecule has 1 aromatic rings. The molecule has 2 heterocycles. The van der Waals surface area contributed by atoms with Crippen molar-refractivity contribution in [3.63, 3.8) is 0 Å². The molecule has 2 aliphatic rings. The monoisotopic (exact) mass is 286 g/mol. The minimum Gasteiger partial charge on any atom is -0.316 e. The van der Waals surface area contributed by atoms with E-state index in [0.29, 0.717) is 5.91 Å². The number of piperidine rings is 1. The number of anilines is 1. The third-order valence-corrected chi connectivity index (χ3v) is 4.75. The van der Waals surface area contributed by atoms with E-state index >= 15 is 0 Å². The number of rotatable bonds is 1. The van der Waals surface area contributed by atoms with E-state index in [1.165, 1.54) is 11.1 Å². The van der Waals surface area contributed by atoms with E-state index < -0.39 is 0 Å². The molecule has 1 atom stereocenters. The standard InChI is InChI=1S/C18H26N2O/c1-18(2,3)15-6-7-16-13(11-15)8-10-20(16)17(21)14-5-4-9-19-12-14/h6-7,11,14,19H,4-5,8-10,12H2,1-3H3. The van der Waals surface area contributed by atoms with Crippen LogP contribution in [0.1, 0.15) is 44.7 Å². The fourth-order valence-corrected chi connectivity index (χ4v) is 3.38. The van der Waals surface area contributed by atoms with Crippen LogP contribution in [0.25, 0.3) is 0 Å². The van der Waals surface area contributed by atoms with E-state index in [4.69, 9.17) is 0 Å². The fourth-order valence-electron chi connectivity index (χ4n) is 3.38. The molecule has 3 nitrogen and oxygen atoms in total. The Bertz CT molecular complexity index is 539. The summed E-state index contributed by atoms with van der Waals surface area (Å²) in [7, 11) is 0. The van der Waals surface area contributed by atoms with E-state index in [-0.39, 0.29) is 11.3 Å². The zero-order chi connectivity index (χ0) is 15.0. The molecule has 1 unspecified atom stereocenters. The Morgan fingerprint density at radius 1 is 1.33 bits per heavy atom. The molecule has 1 aromatic carbocycles. The van der Waals surface area contributed by atoms with E-state index in [2.05, 4.69) is 44.3 Å². The molecule has 2 aliphatic heterocycles. The van der Waals surface area contributed by atoms with Crippen LogP contribution in [-0.2, 0) is 16.6 Å². The predicted molar refractivity (Wildman–Crippen MR) is 86.8 cm³/mol. The predicted octanol–water partition coefficient (Wildman–Crippen LogP) is 2.87. The summed E-state index contributed by atoms with van der Waals surface area (Å²) in [6.45, 7) is 9.44. The molecule has 0 bridgehead atoms. The van der Waals surface area contributed by atoms with Crippen molar-refractivity contribution < 1.29 is 4.79 Å². The van der Waals surface area contributed by atoms with Gasteiger partial charge in [-0.05, 0) is 48.4 Å². The lowest BCUT2D eigenvalue weighted by molar-refractivity contribution is -0.122. The SMILES string of the molecule is CC(C)(C)c1ccc2c(c1)CCN2C(=O)C1CCCNC1. The Morgan fingerprint density at radius 3 is 2.81 bits per heavy atom. The van der Waals surface area contributed by atoms with Gasteiger partial charge in [0.25, 0.3) is 0 Å². The van der Waals surface area contributed by atoms with Crippen LogP contribution in [0, 0.1) is 5.92 Å². The first-order valence-corrected chi connectivity index (χ1v) is 8.12. The average molecular weight is 286 g/mol. The Hall–Kier alpha value is -1.35. The Morgan fingerprint density at radius 2 is 2.14 bits per heavy atom. The van der Waals surface area contributed by atoms with Crippen molar-refractivity contribution in [3.8, 4) is 0 Å². The van der Waals surface area contributed by atoms with Gasteiger partial charge in [-0.15, -0.1) is 0 Å². The molecule has 1 amide bonds. The van der Waals surface area contributed by atoms with Crippen LogP contribution in [0.4, 0.5) is 5.69 Å². The summed E-state index contributed by atoms with van der Waals surface area (Å²) in [6, 6.07) is 6.63. The maximum Gasteiger partial charge on any atom is 0.231 e. The van der Waals surface area contributed by atoms with Crippen LogP contribution < -0.4 is 10.2 Å². The van der Waals surface area contributed by atoms with Crippen molar-refractivity contribution in [1.29, 1.82) is 0 Å². The highest BCUT2D eigenvalue weighted by molar-refractivity contribution is 5.97. The molecule has 0 radical (unpaired) electrons. The van der Waals surface area contributed by atoms with Crippen molar-refractivity contribution in [2.24, 2.45) is 5.92 Å². The smallest absolute Gasteiger partial charge is 0.231 e. The third kappa shape index (κ3) is 2.84. The Kier molecular flexibility index (Phi) is 3.78. The van der Waals surface area contributed by atoms with Gasteiger partial charge in [0.05, 0.1) is 5.92 Å². The molecule has 0 aliphatic carbocycles. The molecular formula is C18H26N2O. The van der Waals surface area contributed by atoms with Crippen molar-refractivity contribution in [2.75, 3.05) is 24.5 Å². The van der Waals surface area contributed by atoms with Gasteiger partial charge in [-0.3, -0.25) is 4.79 Å². The number of hydrogen-bond acceptors (Lipinski definition) is 2. The maximum absolute atomic E-state index is 12.7. The van der Waals surface area contributed by atoms with Gasteiger partial charge >= 0.3 is 0 Å². The minimum atomic E-state index is 0.159. The maximum atomic E-state index is 12.7. The van der Waals surface area contributed by atoms with Crippen molar-refractivity contribution >= 4 is 11.6 Å². The van der Waals surface area contributed by atoms with E-state index in [1.54, 1.807) is 0 Å². The van der Waals surface area contributed by atoms with Crippen LogP contribution in [0.3, 0.4) is 0 Å². The van der Waals surface area contributed by atoms with Crippen molar-refractivity contribution in [2.45, 2.75) is 45.4 Å². The quantitative estimate of drug-likeness (QED) is 0.861. The van der Waals surface area contributed by atoms with E-state index in [0.717, 1.165) is 44.6 Å². The lowest BCUT2D eigenvalue weighted by Gasteiger charge is -2.27. The molecule has 0 aromatic heterocycles. The summed E-state index contributed by atoms with van der Waals surface area (Å²) in [6.07, 6.45) is 3.13. The van der Waals surface area contributed by atoms with Gasteiger partial charge in [-0.1, -0.05) is 32.9 Å². The number of benzene rings is 1. The molecular weight excluding hydrogens is 260 g/mol. The Balaban J connectivity index is 1.82. The van der Waals surface area contributed by atoms with Crippen molar-refractivity contribution in [1.82, 2.24) is 5.32 Å². The zero-order valence-corrected chi connectivity index (χ0v) is 13.4. The molecule has 1 N–H and O–H groups in total. The highest BCUT2D eigenvalue weighted by atomic mass is 16.2. The summed E-state index contributed by atoms with van der Waals surface area (Å²) in [5, 5.41) is 3.34. The van der Waals surface area contributed by atoms with E-state index in [9.17, 15) is 4.79 Å². The number of amides is 1. The van der Waals surface area contributed by atoms with Gasteiger partial charge in [0.2, 0.25) is 5.91 Å². The molecule has 3 rings (SSSR count). The second-order valence-electron chi connectivity index (χ2n) is 7.38. The topological polar surface area (TPSA) is 32.3 Å². The summed E-state index contributed by atoms with van der Waals surface area (Å²) in [5.74, 6) is 0.469. The first-order valence-electron chi connectivity index (χ1n) is 8.12. The number of nitrogens with one attached hydrogen (secondary N) is 1. The first kappa shape index (κ1) is 14.6. The largest absolute Gasteiger partial charge is 0.316 e. The molecule has 3 heteroatoms. The van der Waals surface area contributed by atoms with Gasteiger partial charge in [0.1, 0.15) is 0 Å². The second kappa shape index (κ2) is 5.45. The first-order chi connectivity index (χ1) is 9.97. The second-order valence-corrected chi connectivity index (χ2v) is 7.38. The lowest BCUT2D eigenvalue weighted by Crippen LogP contribution is -2.42. The number of fused-ring (bicyclic) bond motifs is 1. The molecule has 0 spiro atoms. The van der Waals surface area contributed by atoms with Gasteiger partial charge in [-0.2, -0.15) is 0 Å². The van der Waals surface area contributed by atoms with Crippen LogP contribution in [0.2, 0.25) is 0 Å². The number of carbonyl (C=O) groups is 1. The molecule has 1 fully saturated rings. The third-order valence-electron chi connectivity index (χ3n) is 4.75. The molecule has 0 saturated carbocycles. The fraction of sp³-hybridized carbons (Fsp3) is 0.611. The minimum absolute atomic E-state index is 0.159. The normalized spacial score (nSPS) is 22.2. The highest BCUT2D eigenvalue weighted by Gasteiger charge is 2.31. The van der Waals surface area contributed by atoms with Gasteiger partial charge in [-0.25, -0.2) is 0 Å². The van der Waals surface area contributed by atoms with Crippen molar-refractivity contribution in [3.05, 3.63) is 29.3 Å². The highest BCUT2D eigenvalue weighted by Crippen LogP contribution is 2.34. The van der Waals surface area contributed by atoms with Gasteiger partial charge in [0.15, 0.2) is 0 Å². The van der Waals surface area contributed by atoms with Crippen LogP contribution >= 0.6 is 0 Å². The average Bonchev–Trinajstić information content (AvgIpc) is 2.89. The Labute approximate surface area is 127 Å². The van der Waals surface area contributed by atoms with Crippen LogP contribution in [0.15, 0.2) is 18.2 Å². The number of nitrogens with zero attached hydrogens (tertiary/aromatic N) is 1. The summed E-state index contributed by atoms with van der Waals surface area (Å²) >= 11 is 0. The number of hydrogen-bond donors (Lipinski definition) is 1. The number of carbonyl (C=O) groups excluding carboxylic acids is 1. The van der Waals surface area contributed by atoms with E-state index in [1.807, 2.05) is 4.90 Å². The lowest BCUT2D eigenvalue weighted by atomic mass is 9.86. The van der Waals surface area contributed by atoms with Crippen LogP contribution in [0.5, 0.6) is 0 Å². The summed E-state index contributed by atoms with van der Waals surface area (Å²) in [4.78, 5) is 14.7. The molecule has 21 heavy (non-hydrogen) atoms. The van der Waals surface area contributed by atoms with Crippen LogP contribution in [-0.4, -0.2) is 25.5 Å². The summed E-state index contributed by atoms with van der Waals surface area (Å²) in [5.41, 5.74) is 3.99. The summed E-state index contributed by atoms with van der Waals surface area (Å²) < 4.78 is 0.